The molecule has 0 unspecified atom stereocenters. The van der Waals surface area contributed by atoms with E-state index in [0.717, 1.165) is 0 Å². The van der Waals surface area contributed by atoms with Gasteiger partial charge < -0.3 is 4.74 Å². The molecule has 0 aliphatic carbocycles. The van der Waals surface area contributed by atoms with Crippen molar-refractivity contribution in [2.75, 3.05) is 11.9 Å². The van der Waals surface area contributed by atoms with Gasteiger partial charge in [0.25, 0.3) is 5.91 Å². The number of fused-ring (bicyclic) bond motifs is 1. The third kappa shape index (κ3) is 5.49. The molecule has 2 aromatic heterocycles. The molecule has 0 radical (unpaired) electrons. The fourth-order valence-electron chi connectivity index (χ4n) is 3.65. The minimum Gasteiger partial charge on any atom is -0.452 e. The summed E-state index contributed by atoms with van der Waals surface area (Å²) < 4.78 is 18.5. The van der Waals surface area contributed by atoms with Crippen LogP contribution in [0.5, 0.6) is 0 Å². The maximum Gasteiger partial charge on any atom is 0.339 e. The summed E-state index contributed by atoms with van der Waals surface area (Å²) in [6.45, 7) is -0.538. The molecule has 0 bridgehead atoms. The lowest BCUT2D eigenvalue weighted by atomic mass is 10.0. The normalized spacial score (nSPS) is 10.9. The molecule has 38 heavy (non-hydrogen) atoms. The van der Waals surface area contributed by atoms with E-state index in [9.17, 15) is 14.0 Å². The first-order valence-electron chi connectivity index (χ1n) is 11.0. The first kappa shape index (κ1) is 26.1. The summed E-state index contributed by atoms with van der Waals surface area (Å²) in [5.74, 6) is -1.64. The van der Waals surface area contributed by atoms with Crippen LogP contribution >= 0.6 is 46.1 Å². The molecule has 2 heterocycles. The number of ether oxygens (including phenoxy) is 1. The largest absolute Gasteiger partial charge is 0.452 e. The molecule has 0 spiro atoms. The second-order valence-electron chi connectivity index (χ2n) is 7.96. The first-order valence-corrected chi connectivity index (χ1v) is 13.0. The van der Waals surface area contributed by atoms with E-state index in [-0.39, 0.29) is 26.4 Å². The van der Waals surface area contributed by atoms with E-state index < -0.39 is 18.5 Å². The van der Waals surface area contributed by atoms with Crippen LogP contribution in [-0.2, 0) is 9.53 Å². The van der Waals surface area contributed by atoms with Crippen molar-refractivity contribution < 1.29 is 18.7 Å². The van der Waals surface area contributed by atoms with Gasteiger partial charge in [0.2, 0.25) is 0 Å². The Morgan fingerprint density at radius 3 is 2.47 bits per heavy atom. The molecule has 5 aromatic rings. The van der Waals surface area contributed by atoms with E-state index in [1.807, 2.05) is 0 Å². The predicted octanol–water partition coefficient (Wildman–Crippen LogP) is 7.92. The molecule has 1 amide bonds. The van der Waals surface area contributed by atoms with Gasteiger partial charge in [-0.05, 0) is 48.5 Å². The SMILES string of the molecule is O=C(COC(=O)c1cc(-c2ccc(Cl)c(Cl)c2Cl)nc2ccccc12)Nc1nc(-c2ccc(F)cc2)cs1. The summed E-state index contributed by atoms with van der Waals surface area (Å²) in [4.78, 5) is 34.5. The Bertz CT molecular complexity index is 1690. The van der Waals surface area contributed by atoms with Crippen molar-refractivity contribution >= 4 is 74.1 Å². The van der Waals surface area contributed by atoms with Crippen molar-refractivity contribution in [3.8, 4) is 22.5 Å². The van der Waals surface area contributed by atoms with Crippen molar-refractivity contribution in [3.63, 3.8) is 0 Å². The van der Waals surface area contributed by atoms with Gasteiger partial charge in [0, 0.05) is 21.9 Å². The number of carbonyl (C=O) groups is 2. The third-order valence-corrected chi connectivity index (χ3v) is 7.52. The molecule has 11 heteroatoms. The number of anilines is 1. The summed E-state index contributed by atoms with van der Waals surface area (Å²) in [6.07, 6.45) is 0. The molecule has 1 N–H and O–H groups in total. The van der Waals surface area contributed by atoms with Crippen LogP contribution in [-0.4, -0.2) is 28.5 Å². The van der Waals surface area contributed by atoms with E-state index >= 15 is 0 Å². The van der Waals surface area contributed by atoms with Crippen molar-refractivity contribution in [3.05, 3.63) is 98.6 Å². The molecule has 5 rings (SSSR count). The van der Waals surface area contributed by atoms with Crippen molar-refractivity contribution in [2.24, 2.45) is 0 Å². The number of aromatic nitrogens is 2. The monoisotopic (exact) mass is 585 g/mol. The van der Waals surface area contributed by atoms with Crippen LogP contribution in [0.2, 0.25) is 15.1 Å². The number of nitrogens with one attached hydrogen (secondary N) is 1. The molecule has 0 atom stereocenters. The number of hydrogen-bond acceptors (Lipinski definition) is 6. The molecular weight excluding hydrogens is 572 g/mol. The van der Waals surface area contributed by atoms with Gasteiger partial charge in [-0.1, -0.05) is 53.0 Å². The summed E-state index contributed by atoms with van der Waals surface area (Å²) in [6, 6.07) is 17.6. The average Bonchev–Trinajstić information content (AvgIpc) is 3.38. The summed E-state index contributed by atoms with van der Waals surface area (Å²) in [7, 11) is 0. The zero-order valence-electron chi connectivity index (χ0n) is 19.2. The Balaban J connectivity index is 1.33. The van der Waals surface area contributed by atoms with E-state index in [2.05, 4.69) is 15.3 Å². The number of carbonyl (C=O) groups excluding carboxylic acids is 2. The Morgan fingerprint density at radius 2 is 1.68 bits per heavy atom. The number of nitrogens with zero attached hydrogens (tertiary/aromatic N) is 2. The number of amides is 1. The fraction of sp³-hybridized carbons (Fsp3) is 0.0370. The van der Waals surface area contributed by atoms with Crippen LogP contribution in [0.1, 0.15) is 10.4 Å². The third-order valence-electron chi connectivity index (χ3n) is 5.47. The molecular formula is C27H15Cl3FN3O3S. The number of rotatable bonds is 6. The van der Waals surface area contributed by atoms with Gasteiger partial charge in [0.1, 0.15) is 5.82 Å². The maximum atomic E-state index is 13.2. The zero-order chi connectivity index (χ0) is 26.8. The van der Waals surface area contributed by atoms with E-state index in [1.54, 1.807) is 53.9 Å². The molecule has 3 aromatic carbocycles. The average molecular weight is 587 g/mol. The molecule has 0 fully saturated rings. The van der Waals surface area contributed by atoms with Crippen molar-refractivity contribution in [2.45, 2.75) is 0 Å². The maximum absolute atomic E-state index is 13.2. The van der Waals surface area contributed by atoms with Crippen molar-refractivity contribution in [1.29, 1.82) is 0 Å². The fourth-order valence-corrected chi connectivity index (χ4v) is 5.02. The molecule has 0 aliphatic heterocycles. The summed E-state index contributed by atoms with van der Waals surface area (Å²) in [5.41, 5.74) is 2.89. The Hall–Kier alpha value is -3.56. The standard InChI is InChI=1S/C27H15Cl3FN3O3S/c28-19-10-9-17(24(29)25(19)30)21-11-18(16-3-1-2-4-20(16)32-21)26(36)37-12-23(35)34-27-33-22(13-38-27)14-5-7-15(31)8-6-14/h1-11,13H,12H2,(H,33,34,35). The lowest BCUT2D eigenvalue weighted by Crippen LogP contribution is -2.21. The molecule has 0 saturated carbocycles. The second kappa shape index (κ2) is 11.0. The van der Waals surface area contributed by atoms with Gasteiger partial charge in [0.05, 0.1) is 37.5 Å². The number of halogens is 4. The Morgan fingerprint density at radius 1 is 0.921 bits per heavy atom. The quantitative estimate of drug-likeness (QED) is 0.161. The number of esters is 1. The van der Waals surface area contributed by atoms with Gasteiger partial charge in [0.15, 0.2) is 11.7 Å². The van der Waals surface area contributed by atoms with Crippen LogP contribution in [0.25, 0.3) is 33.4 Å². The summed E-state index contributed by atoms with van der Waals surface area (Å²) in [5, 5.41) is 5.85. The second-order valence-corrected chi connectivity index (χ2v) is 9.99. The number of thiazole rings is 1. The van der Waals surface area contributed by atoms with E-state index in [0.29, 0.717) is 38.5 Å². The number of para-hydroxylation sites is 1. The number of hydrogen-bond donors (Lipinski definition) is 1. The number of pyridine rings is 1. The minimum absolute atomic E-state index is 0.173. The minimum atomic E-state index is -0.720. The van der Waals surface area contributed by atoms with Crippen molar-refractivity contribution in [1.82, 2.24) is 9.97 Å². The van der Waals surface area contributed by atoms with Gasteiger partial charge in [-0.15, -0.1) is 11.3 Å². The van der Waals surface area contributed by atoms with Crippen LogP contribution in [0.3, 0.4) is 0 Å². The van der Waals surface area contributed by atoms with E-state index in [4.69, 9.17) is 39.5 Å². The smallest absolute Gasteiger partial charge is 0.339 e. The zero-order valence-corrected chi connectivity index (χ0v) is 22.3. The molecule has 190 valence electrons. The molecule has 0 saturated heterocycles. The molecule has 6 nitrogen and oxygen atoms in total. The Kier molecular flexibility index (Phi) is 7.58. The number of benzene rings is 3. The highest BCUT2D eigenvalue weighted by Crippen LogP contribution is 2.38. The lowest BCUT2D eigenvalue weighted by molar-refractivity contribution is -0.119. The highest BCUT2D eigenvalue weighted by Gasteiger charge is 2.19. The van der Waals surface area contributed by atoms with Crippen LogP contribution < -0.4 is 5.32 Å². The Labute approximate surface area is 235 Å². The summed E-state index contributed by atoms with van der Waals surface area (Å²) >= 11 is 19.8. The first-order chi connectivity index (χ1) is 18.3. The van der Waals surface area contributed by atoms with Crippen LogP contribution in [0.15, 0.2) is 72.1 Å². The van der Waals surface area contributed by atoms with Crippen LogP contribution in [0.4, 0.5) is 9.52 Å². The highest BCUT2D eigenvalue weighted by molar-refractivity contribution is 7.14. The van der Waals surface area contributed by atoms with Gasteiger partial charge in [-0.3, -0.25) is 10.1 Å². The predicted molar refractivity (Wildman–Crippen MR) is 149 cm³/mol. The topological polar surface area (TPSA) is 81.2 Å². The lowest BCUT2D eigenvalue weighted by Gasteiger charge is -2.12. The van der Waals surface area contributed by atoms with Gasteiger partial charge in [-0.25, -0.2) is 19.2 Å². The van der Waals surface area contributed by atoms with E-state index in [1.165, 1.54) is 29.5 Å². The highest BCUT2D eigenvalue weighted by atomic mass is 35.5. The molecule has 0 aliphatic rings. The van der Waals surface area contributed by atoms with Gasteiger partial charge in [-0.2, -0.15) is 0 Å². The van der Waals surface area contributed by atoms with Gasteiger partial charge >= 0.3 is 5.97 Å². The van der Waals surface area contributed by atoms with Crippen LogP contribution in [0, 0.1) is 5.82 Å².